The molecule has 1 radical (unpaired) electrons. The van der Waals surface area contributed by atoms with Gasteiger partial charge in [-0.1, -0.05) is 72.8 Å². The molecule has 29 heavy (non-hydrogen) atoms. The van der Waals surface area contributed by atoms with Gasteiger partial charge in [-0.25, -0.2) is 0 Å². The van der Waals surface area contributed by atoms with Gasteiger partial charge in [0.25, 0.3) is 0 Å². The molecule has 149 valence electrons. The van der Waals surface area contributed by atoms with Gasteiger partial charge in [0.2, 0.25) is 0 Å². The van der Waals surface area contributed by atoms with Crippen molar-refractivity contribution < 1.29 is 27.3 Å². The molecule has 2 nitrogen and oxygen atoms in total. The number of aromatic hydroxyl groups is 2. The molecule has 0 amide bonds. The Morgan fingerprint density at radius 3 is 1.14 bits per heavy atom. The van der Waals surface area contributed by atoms with Gasteiger partial charge in [0.15, 0.2) is 0 Å². The maximum Gasteiger partial charge on any atom is 2.00 e. The molecule has 0 atom stereocenters. The molecule has 4 rings (SSSR count). The van der Waals surface area contributed by atoms with Crippen LogP contribution in [0.15, 0.2) is 97.1 Å². The van der Waals surface area contributed by atoms with Gasteiger partial charge in [-0.3, -0.25) is 0 Å². The summed E-state index contributed by atoms with van der Waals surface area (Å²) in [5.74, 6) is 0.525. The van der Waals surface area contributed by atoms with Crippen molar-refractivity contribution in [3.05, 3.63) is 122 Å². The Hall–Kier alpha value is -3.26. The van der Waals surface area contributed by atoms with Gasteiger partial charge in [-0.05, 0) is 22.3 Å². The molecule has 0 saturated heterocycles. The minimum atomic E-state index is 0. The van der Waals surface area contributed by atoms with Gasteiger partial charge in [-0.2, -0.15) is 37.1 Å². The van der Waals surface area contributed by atoms with Crippen molar-refractivity contribution in [2.75, 3.05) is 0 Å². The first kappa shape index (κ1) is 22.0. The third-order valence-electron chi connectivity index (χ3n) is 4.41. The van der Waals surface area contributed by atoms with E-state index in [1.165, 1.54) is 0 Å². The van der Waals surface area contributed by atoms with Crippen LogP contribution in [-0.4, -0.2) is 10.2 Å². The third-order valence-corrected chi connectivity index (χ3v) is 4.41. The molecule has 0 saturated carbocycles. The summed E-state index contributed by atoms with van der Waals surface area (Å²) < 4.78 is 0. The molecule has 0 bridgehead atoms. The summed E-state index contributed by atoms with van der Waals surface area (Å²) in [5, 5.41) is 19.6. The molecule has 3 heteroatoms. The molecule has 0 aromatic heterocycles. The molecule has 4 aromatic carbocycles. The standard InChI is InChI=1S/2C13H11O.Cu/c2*1-10-6-5-9-12(13(10)14)11-7-3-2-4-8-11;/h2*2-9,14H,1H2;/q2*-1;+2. The summed E-state index contributed by atoms with van der Waals surface area (Å²) in [6.07, 6.45) is 0. The second kappa shape index (κ2) is 10.3. The summed E-state index contributed by atoms with van der Waals surface area (Å²) in [7, 11) is 0. The number of para-hydroxylation sites is 2. The first-order chi connectivity index (χ1) is 13.6. The van der Waals surface area contributed by atoms with Crippen molar-refractivity contribution in [3.63, 3.8) is 0 Å². The van der Waals surface area contributed by atoms with Gasteiger partial charge in [0.05, 0.1) is 0 Å². The molecular formula is C26H22CuO2. The summed E-state index contributed by atoms with van der Waals surface area (Å²) in [4.78, 5) is 0. The molecule has 0 aliphatic heterocycles. The number of benzene rings is 4. The quantitative estimate of drug-likeness (QED) is 0.283. The van der Waals surface area contributed by atoms with Crippen LogP contribution < -0.4 is 0 Å². The second-order valence-electron chi connectivity index (χ2n) is 6.36. The van der Waals surface area contributed by atoms with E-state index in [2.05, 4.69) is 13.8 Å². The Kier molecular flexibility index (Phi) is 7.85. The summed E-state index contributed by atoms with van der Waals surface area (Å²) in [6.45, 7) is 7.51. The molecule has 2 N–H and O–H groups in total. The smallest absolute Gasteiger partial charge is 0.565 e. The molecule has 0 aliphatic rings. The van der Waals surface area contributed by atoms with Crippen molar-refractivity contribution >= 4 is 0 Å². The molecule has 0 unspecified atom stereocenters. The van der Waals surface area contributed by atoms with E-state index in [4.69, 9.17) is 0 Å². The Bertz CT molecular complexity index is 958. The van der Waals surface area contributed by atoms with Gasteiger partial charge < -0.3 is 10.2 Å². The zero-order valence-electron chi connectivity index (χ0n) is 15.8. The largest absolute Gasteiger partial charge is 2.00 e. The van der Waals surface area contributed by atoms with Crippen molar-refractivity contribution in [1.29, 1.82) is 0 Å². The molecule has 0 fully saturated rings. The Morgan fingerprint density at radius 2 is 0.793 bits per heavy atom. The van der Waals surface area contributed by atoms with Crippen LogP contribution in [0.1, 0.15) is 11.1 Å². The number of phenols is 2. The van der Waals surface area contributed by atoms with Gasteiger partial charge in [0.1, 0.15) is 0 Å². The fourth-order valence-electron chi connectivity index (χ4n) is 2.88. The van der Waals surface area contributed by atoms with Gasteiger partial charge in [-0.15, -0.1) is 12.1 Å². The maximum absolute atomic E-state index is 9.79. The fourth-order valence-corrected chi connectivity index (χ4v) is 2.88. The number of rotatable bonds is 2. The van der Waals surface area contributed by atoms with E-state index in [0.29, 0.717) is 11.1 Å². The van der Waals surface area contributed by atoms with Crippen molar-refractivity contribution in [1.82, 2.24) is 0 Å². The number of phenolic OH excluding ortho intramolecular Hbond substituents is 2. The van der Waals surface area contributed by atoms with E-state index < -0.39 is 0 Å². The summed E-state index contributed by atoms with van der Waals surface area (Å²) >= 11 is 0. The first-order valence-electron chi connectivity index (χ1n) is 8.96. The van der Waals surface area contributed by atoms with E-state index in [1.54, 1.807) is 12.1 Å². The van der Waals surface area contributed by atoms with E-state index in [0.717, 1.165) is 22.3 Å². The van der Waals surface area contributed by atoms with E-state index in [9.17, 15) is 10.2 Å². The minimum Gasteiger partial charge on any atom is -0.565 e. The molecule has 4 aromatic rings. The fraction of sp³-hybridized carbons (Fsp3) is 0. The van der Waals surface area contributed by atoms with Gasteiger partial charge >= 0.3 is 17.1 Å². The first-order valence-corrected chi connectivity index (χ1v) is 8.96. The minimum absolute atomic E-state index is 0. The Morgan fingerprint density at radius 1 is 0.448 bits per heavy atom. The predicted octanol–water partition coefficient (Wildman–Crippen LogP) is 6.48. The molecule has 0 aliphatic carbocycles. The SMILES string of the molecule is [CH2-]c1cccc(-c2ccccc2)c1O.[CH2-]c1cccc(-c2ccccc2)c1O.[Cu+2]. The van der Waals surface area contributed by atoms with Gasteiger partial charge in [0, 0.05) is 11.5 Å². The third kappa shape index (κ3) is 5.39. The van der Waals surface area contributed by atoms with Crippen LogP contribution >= 0.6 is 0 Å². The Balaban J connectivity index is 0.000000200. The van der Waals surface area contributed by atoms with E-state index in [1.807, 2.05) is 84.9 Å². The van der Waals surface area contributed by atoms with Crippen LogP contribution in [0.4, 0.5) is 0 Å². The number of hydrogen-bond acceptors (Lipinski definition) is 2. The van der Waals surface area contributed by atoms with Crippen molar-refractivity contribution in [2.45, 2.75) is 0 Å². The van der Waals surface area contributed by atoms with Crippen LogP contribution in [0.5, 0.6) is 11.5 Å². The predicted molar refractivity (Wildman–Crippen MR) is 116 cm³/mol. The van der Waals surface area contributed by atoms with Crippen LogP contribution in [-0.2, 0) is 17.1 Å². The molecule has 0 spiro atoms. The summed E-state index contributed by atoms with van der Waals surface area (Å²) in [6, 6.07) is 30.7. The van der Waals surface area contributed by atoms with E-state index in [-0.39, 0.29) is 28.6 Å². The van der Waals surface area contributed by atoms with Crippen LogP contribution in [0.3, 0.4) is 0 Å². The second-order valence-corrected chi connectivity index (χ2v) is 6.36. The zero-order chi connectivity index (χ0) is 19.9. The average Bonchev–Trinajstić information content (AvgIpc) is 2.74. The van der Waals surface area contributed by atoms with Crippen molar-refractivity contribution in [3.8, 4) is 33.8 Å². The van der Waals surface area contributed by atoms with Crippen LogP contribution in [0.25, 0.3) is 22.3 Å². The summed E-state index contributed by atoms with van der Waals surface area (Å²) in [5.41, 5.74) is 5.00. The normalized spacial score (nSPS) is 9.66. The zero-order valence-corrected chi connectivity index (χ0v) is 16.8. The topological polar surface area (TPSA) is 40.5 Å². The van der Waals surface area contributed by atoms with Crippen molar-refractivity contribution in [2.24, 2.45) is 0 Å². The Labute approximate surface area is 183 Å². The number of hydrogen-bond donors (Lipinski definition) is 2. The molecule has 0 heterocycles. The average molecular weight is 430 g/mol. The van der Waals surface area contributed by atoms with Crippen LogP contribution in [0.2, 0.25) is 0 Å². The van der Waals surface area contributed by atoms with E-state index >= 15 is 0 Å². The molecular weight excluding hydrogens is 408 g/mol. The maximum atomic E-state index is 9.79. The van der Waals surface area contributed by atoms with Crippen LogP contribution in [0, 0.1) is 13.8 Å². The monoisotopic (exact) mass is 429 g/mol.